The van der Waals surface area contributed by atoms with E-state index in [-0.39, 0.29) is 11.5 Å². The zero-order valence-electron chi connectivity index (χ0n) is 11.1. The highest BCUT2D eigenvalue weighted by Crippen LogP contribution is 2.30. The highest BCUT2D eigenvalue weighted by molar-refractivity contribution is 5.84. The second-order valence-electron chi connectivity index (χ2n) is 4.00. The minimum absolute atomic E-state index is 0.00742. The third-order valence-corrected chi connectivity index (χ3v) is 2.64. The molecule has 0 heterocycles. The Morgan fingerprint density at radius 1 is 1.39 bits per heavy atom. The molecule has 0 aliphatic heterocycles. The molecule has 4 nitrogen and oxygen atoms in total. The Morgan fingerprint density at radius 3 is 2.61 bits per heavy atom. The van der Waals surface area contributed by atoms with Crippen molar-refractivity contribution in [1.82, 2.24) is 0 Å². The third-order valence-electron chi connectivity index (χ3n) is 2.64. The number of phenolic OH excluding ortho intramolecular Hbond substituents is 1. The molecule has 18 heavy (non-hydrogen) atoms. The van der Waals surface area contributed by atoms with Gasteiger partial charge in [-0.05, 0) is 24.1 Å². The van der Waals surface area contributed by atoms with Gasteiger partial charge in [0.1, 0.15) is 6.10 Å². The summed E-state index contributed by atoms with van der Waals surface area (Å²) in [6.07, 6.45) is 0.642. The molecule has 0 radical (unpaired) electrons. The number of aromatic hydroxyl groups is 1. The Bertz CT molecular complexity index is 401. The number of Topliss-reactive ketones (excluding diaryl/α,β-unsaturated/α-hetero) is 1. The van der Waals surface area contributed by atoms with Crippen molar-refractivity contribution in [2.45, 2.75) is 32.8 Å². The average molecular weight is 252 g/mol. The van der Waals surface area contributed by atoms with Gasteiger partial charge < -0.3 is 14.6 Å². The summed E-state index contributed by atoms with van der Waals surface area (Å²) >= 11 is 0. The lowest BCUT2D eigenvalue weighted by atomic mass is 10.0. The van der Waals surface area contributed by atoms with Gasteiger partial charge in [-0.1, -0.05) is 19.9 Å². The van der Waals surface area contributed by atoms with Gasteiger partial charge in [-0.2, -0.15) is 0 Å². The first kappa shape index (κ1) is 14.5. The first-order chi connectivity index (χ1) is 8.63. The van der Waals surface area contributed by atoms with Crippen LogP contribution in [0.2, 0.25) is 0 Å². The highest BCUT2D eigenvalue weighted by atomic mass is 16.5. The van der Waals surface area contributed by atoms with E-state index < -0.39 is 6.10 Å². The lowest BCUT2D eigenvalue weighted by molar-refractivity contribution is -0.130. The first-order valence-electron chi connectivity index (χ1n) is 6.15. The van der Waals surface area contributed by atoms with Crippen LogP contribution in [0.25, 0.3) is 0 Å². The van der Waals surface area contributed by atoms with Crippen molar-refractivity contribution in [3.05, 3.63) is 23.8 Å². The number of phenols is 1. The molecule has 4 heteroatoms. The summed E-state index contributed by atoms with van der Waals surface area (Å²) < 4.78 is 10.5. The van der Waals surface area contributed by atoms with E-state index in [4.69, 9.17) is 9.47 Å². The van der Waals surface area contributed by atoms with E-state index in [1.807, 2.05) is 6.92 Å². The lowest BCUT2D eigenvalue weighted by Crippen LogP contribution is -2.15. The first-order valence-corrected chi connectivity index (χ1v) is 6.15. The molecule has 0 aliphatic carbocycles. The monoisotopic (exact) mass is 252 g/mol. The average Bonchev–Trinajstić information content (AvgIpc) is 2.39. The molecule has 0 fully saturated rings. The van der Waals surface area contributed by atoms with E-state index in [9.17, 15) is 9.90 Å². The second kappa shape index (κ2) is 7.01. The minimum atomic E-state index is -0.605. The predicted octanol–water partition coefficient (Wildman–Crippen LogP) is 2.85. The summed E-state index contributed by atoms with van der Waals surface area (Å²) in [5, 5.41) is 9.73. The van der Waals surface area contributed by atoms with Gasteiger partial charge in [0.25, 0.3) is 0 Å². The maximum atomic E-state index is 11.8. The maximum Gasteiger partial charge on any atom is 0.165 e. The van der Waals surface area contributed by atoms with Gasteiger partial charge in [-0.15, -0.1) is 0 Å². The normalized spacial score (nSPS) is 12.2. The molecule has 1 rings (SSSR count). The number of benzene rings is 1. The molecular formula is C14H20O4. The Balaban J connectivity index is 2.97. The zero-order chi connectivity index (χ0) is 13.5. The zero-order valence-corrected chi connectivity index (χ0v) is 11.1. The van der Waals surface area contributed by atoms with Crippen LogP contribution >= 0.6 is 0 Å². The van der Waals surface area contributed by atoms with Crippen LogP contribution in [0.1, 0.15) is 38.4 Å². The topological polar surface area (TPSA) is 55.8 Å². The number of methoxy groups -OCH3 is 1. The fourth-order valence-electron chi connectivity index (χ4n) is 1.67. The van der Waals surface area contributed by atoms with Crippen LogP contribution in [0.4, 0.5) is 0 Å². The molecule has 1 unspecified atom stereocenters. The van der Waals surface area contributed by atoms with Gasteiger partial charge in [-0.3, -0.25) is 4.79 Å². The van der Waals surface area contributed by atoms with Crippen LogP contribution in [0.15, 0.2) is 18.2 Å². The van der Waals surface area contributed by atoms with E-state index in [2.05, 4.69) is 0 Å². The number of carbonyl (C=O) groups is 1. The smallest absolute Gasteiger partial charge is 0.165 e. The van der Waals surface area contributed by atoms with Crippen molar-refractivity contribution in [2.75, 3.05) is 13.7 Å². The molecule has 0 spiro atoms. The second-order valence-corrected chi connectivity index (χ2v) is 4.00. The Hall–Kier alpha value is -1.55. The van der Waals surface area contributed by atoms with Crippen molar-refractivity contribution in [2.24, 2.45) is 0 Å². The molecule has 1 aromatic carbocycles. The van der Waals surface area contributed by atoms with Crippen LogP contribution in [0, 0.1) is 0 Å². The lowest BCUT2D eigenvalue weighted by Gasteiger charge is -2.17. The number of ether oxygens (including phenoxy) is 2. The number of rotatable bonds is 7. The summed E-state index contributed by atoms with van der Waals surface area (Å²) in [6.45, 7) is 4.30. The standard InChI is InChI=1S/C14H20O4/c1-4-8-18-14(11(15)5-2)10-6-7-13(17-3)12(16)9-10/h6-7,9,14,16H,4-5,8H2,1-3H3. The van der Waals surface area contributed by atoms with Crippen LogP contribution in [-0.4, -0.2) is 24.6 Å². The third kappa shape index (κ3) is 3.47. The molecule has 0 amide bonds. The van der Waals surface area contributed by atoms with Crippen molar-refractivity contribution >= 4 is 5.78 Å². The Labute approximate surface area is 108 Å². The van der Waals surface area contributed by atoms with Crippen molar-refractivity contribution in [1.29, 1.82) is 0 Å². The molecule has 0 aromatic heterocycles. The van der Waals surface area contributed by atoms with Gasteiger partial charge in [-0.25, -0.2) is 0 Å². The summed E-state index contributed by atoms with van der Waals surface area (Å²) in [7, 11) is 1.48. The van der Waals surface area contributed by atoms with E-state index in [0.717, 1.165) is 6.42 Å². The number of hydrogen-bond acceptors (Lipinski definition) is 4. The van der Waals surface area contributed by atoms with E-state index >= 15 is 0 Å². The van der Waals surface area contributed by atoms with Crippen LogP contribution < -0.4 is 4.74 Å². The Morgan fingerprint density at radius 2 is 2.11 bits per heavy atom. The Kier molecular flexibility index (Phi) is 5.65. The molecule has 0 bridgehead atoms. The van der Waals surface area contributed by atoms with Crippen molar-refractivity contribution in [3.8, 4) is 11.5 Å². The largest absolute Gasteiger partial charge is 0.504 e. The summed E-state index contributed by atoms with van der Waals surface area (Å²) in [5.41, 5.74) is 0.661. The molecule has 1 aromatic rings. The van der Waals surface area contributed by atoms with E-state index in [1.54, 1.807) is 19.1 Å². The van der Waals surface area contributed by atoms with Gasteiger partial charge >= 0.3 is 0 Å². The van der Waals surface area contributed by atoms with Crippen molar-refractivity contribution < 1.29 is 19.4 Å². The molecule has 1 atom stereocenters. The fourth-order valence-corrected chi connectivity index (χ4v) is 1.67. The van der Waals surface area contributed by atoms with Crippen LogP contribution in [0.5, 0.6) is 11.5 Å². The quantitative estimate of drug-likeness (QED) is 0.810. The summed E-state index contributed by atoms with van der Waals surface area (Å²) in [4.78, 5) is 11.8. The molecule has 100 valence electrons. The van der Waals surface area contributed by atoms with Gasteiger partial charge in [0, 0.05) is 13.0 Å². The minimum Gasteiger partial charge on any atom is -0.504 e. The van der Waals surface area contributed by atoms with E-state index in [0.29, 0.717) is 24.3 Å². The SMILES string of the molecule is CCCOC(C(=O)CC)c1ccc(OC)c(O)c1. The molecule has 1 N–H and O–H groups in total. The number of carbonyl (C=O) groups excluding carboxylic acids is 1. The summed E-state index contributed by atoms with van der Waals surface area (Å²) in [5.74, 6) is 0.411. The van der Waals surface area contributed by atoms with Gasteiger partial charge in [0.05, 0.1) is 7.11 Å². The van der Waals surface area contributed by atoms with Crippen molar-refractivity contribution in [3.63, 3.8) is 0 Å². The number of hydrogen-bond donors (Lipinski definition) is 1. The van der Waals surface area contributed by atoms with E-state index in [1.165, 1.54) is 13.2 Å². The number of ketones is 1. The van der Waals surface area contributed by atoms with Gasteiger partial charge in [0.2, 0.25) is 0 Å². The summed E-state index contributed by atoms with van der Waals surface area (Å²) in [6, 6.07) is 4.90. The molecule has 0 saturated heterocycles. The maximum absolute atomic E-state index is 11.8. The fraction of sp³-hybridized carbons (Fsp3) is 0.500. The van der Waals surface area contributed by atoms with Gasteiger partial charge in [0.15, 0.2) is 17.3 Å². The predicted molar refractivity (Wildman–Crippen MR) is 68.9 cm³/mol. The molecule has 0 saturated carbocycles. The van der Waals surface area contributed by atoms with Crippen LogP contribution in [0.3, 0.4) is 0 Å². The molecular weight excluding hydrogens is 232 g/mol. The highest BCUT2D eigenvalue weighted by Gasteiger charge is 2.20. The van der Waals surface area contributed by atoms with Crippen LogP contribution in [-0.2, 0) is 9.53 Å². The molecule has 0 aliphatic rings.